The van der Waals surface area contributed by atoms with Gasteiger partial charge in [0.2, 0.25) is 0 Å². The van der Waals surface area contributed by atoms with E-state index in [1.165, 1.54) is 46.9 Å². The molecule has 0 bridgehead atoms. The number of para-hydroxylation sites is 1. The summed E-state index contributed by atoms with van der Waals surface area (Å²) in [5, 5.41) is 14.8. The second-order valence-corrected chi connectivity index (χ2v) is 6.42. The highest BCUT2D eigenvalue weighted by Crippen LogP contribution is 2.29. The monoisotopic (exact) mass is 329 g/mol. The van der Waals surface area contributed by atoms with Crippen LogP contribution in [-0.4, -0.2) is 17.0 Å². The fourth-order valence-corrected chi connectivity index (χ4v) is 3.72. The average Bonchev–Trinajstić information content (AvgIpc) is 2.99. The molecule has 6 nitrogen and oxygen atoms in total. The van der Waals surface area contributed by atoms with E-state index >= 15 is 0 Å². The zero-order chi connectivity index (χ0) is 16.2. The Balaban J connectivity index is 1.69. The second-order valence-electron chi connectivity index (χ2n) is 5.28. The van der Waals surface area contributed by atoms with Crippen LogP contribution in [0.3, 0.4) is 0 Å². The van der Waals surface area contributed by atoms with Crippen LogP contribution < -0.4 is 5.43 Å². The van der Waals surface area contributed by atoms with Gasteiger partial charge in [0.15, 0.2) is 0 Å². The van der Waals surface area contributed by atoms with E-state index in [-0.39, 0.29) is 11.6 Å². The number of hydrogen-bond donors (Lipinski definition) is 1. The highest BCUT2D eigenvalue weighted by atomic mass is 32.1. The highest BCUT2D eigenvalue weighted by Gasteiger charge is 2.17. The molecule has 0 fully saturated rings. The number of benzene rings is 1. The number of rotatable bonds is 4. The molecule has 1 heterocycles. The molecule has 3 rings (SSSR count). The largest absolute Gasteiger partial charge is 0.281 e. The van der Waals surface area contributed by atoms with Crippen molar-refractivity contribution in [1.29, 1.82) is 0 Å². The number of aryl methyl sites for hydroxylation is 2. The van der Waals surface area contributed by atoms with Crippen molar-refractivity contribution < 1.29 is 9.72 Å². The lowest BCUT2D eigenvalue weighted by Crippen LogP contribution is -2.16. The van der Waals surface area contributed by atoms with Gasteiger partial charge >= 0.3 is 0 Å². The summed E-state index contributed by atoms with van der Waals surface area (Å²) in [6.45, 7) is 0. The van der Waals surface area contributed by atoms with Gasteiger partial charge in [-0.15, -0.1) is 11.3 Å². The molecule has 1 aliphatic rings. The van der Waals surface area contributed by atoms with Crippen LogP contribution in [0, 0.1) is 10.1 Å². The standard InChI is InChI=1S/C16H15N3O3S/c20-16(15-9-11-5-2-4-8-14(11)23-15)18-17-10-12-6-1-3-7-13(12)19(21)22/h1,3,6-7,9-10H,2,4-5,8H2,(H,18,20). The lowest BCUT2D eigenvalue weighted by molar-refractivity contribution is -0.385. The molecule has 1 amide bonds. The Morgan fingerprint density at radius 3 is 2.87 bits per heavy atom. The summed E-state index contributed by atoms with van der Waals surface area (Å²) in [4.78, 5) is 24.5. The molecule has 1 aliphatic carbocycles. The first-order valence-corrected chi connectivity index (χ1v) is 8.15. The van der Waals surface area contributed by atoms with E-state index < -0.39 is 4.92 Å². The van der Waals surface area contributed by atoms with E-state index in [1.807, 2.05) is 6.07 Å². The Hall–Kier alpha value is -2.54. The fourth-order valence-electron chi connectivity index (χ4n) is 2.58. The van der Waals surface area contributed by atoms with Crippen LogP contribution >= 0.6 is 11.3 Å². The molecule has 23 heavy (non-hydrogen) atoms. The third-order valence-corrected chi connectivity index (χ3v) is 4.96. The van der Waals surface area contributed by atoms with Crippen molar-refractivity contribution in [3.63, 3.8) is 0 Å². The highest BCUT2D eigenvalue weighted by molar-refractivity contribution is 7.14. The van der Waals surface area contributed by atoms with Crippen LogP contribution in [0.2, 0.25) is 0 Å². The van der Waals surface area contributed by atoms with Crippen LogP contribution in [0.4, 0.5) is 5.69 Å². The number of nitro groups is 1. The minimum absolute atomic E-state index is 0.0444. The van der Waals surface area contributed by atoms with Gasteiger partial charge in [-0.1, -0.05) is 12.1 Å². The van der Waals surface area contributed by atoms with Crippen molar-refractivity contribution in [3.8, 4) is 0 Å². The van der Waals surface area contributed by atoms with E-state index in [0.29, 0.717) is 10.4 Å². The number of carbonyl (C=O) groups excluding carboxylic acids is 1. The van der Waals surface area contributed by atoms with Gasteiger partial charge in [0.05, 0.1) is 21.6 Å². The molecule has 1 aromatic heterocycles. The van der Waals surface area contributed by atoms with Gasteiger partial charge < -0.3 is 0 Å². The Bertz CT molecular complexity index is 759. The number of amides is 1. The smallest absolute Gasteiger partial charge is 0.266 e. The van der Waals surface area contributed by atoms with E-state index in [4.69, 9.17) is 0 Å². The number of carbonyl (C=O) groups is 1. The number of hydrazone groups is 1. The molecule has 0 atom stereocenters. The van der Waals surface area contributed by atoms with Crippen LogP contribution in [0.15, 0.2) is 35.4 Å². The van der Waals surface area contributed by atoms with Crippen molar-refractivity contribution in [1.82, 2.24) is 5.43 Å². The van der Waals surface area contributed by atoms with Gasteiger partial charge in [-0.05, 0) is 43.4 Å². The Kier molecular flexibility index (Phi) is 4.47. The first-order valence-electron chi connectivity index (χ1n) is 7.33. The maximum Gasteiger partial charge on any atom is 0.281 e. The molecule has 0 unspecified atom stereocenters. The van der Waals surface area contributed by atoms with Gasteiger partial charge in [-0.25, -0.2) is 5.43 Å². The molecule has 0 spiro atoms. The van der Waals surface area contributed by atoms with Crippen molar-refractivity contribution in [2.75, 3.05) is 0 Å². The summed E-state index contributed by atoms with van der Waals surface area (Å²) in [6.07, 6.45) is 5.69. The van der Waals surface area contributed by atoms with Gasteiger partial charge in [0.1, 0.15) is 0 Å². The van der Waals surface area contributed by atoms with Gasteiger partial charge in [0, 0.05) is 10.9 Å². The lowest BCUT2D eigenvalue weighted by Gasteiger charge is -2.08. The molecular weight excluding hydrogens is 314 g/mol. The van der Waals surface area contributed by atoms with E-state index in [1.54, 1.807) is 18.2 Å². The van der Waals surface area contributed by atoms with E-state index in [9.17, 15) is 14.9 Å². The predicted molar refractivity (Wildman–Crippen MR) is 89.1 cm³/mol. The molecule has 0 saturated carbocycles. The molecule has 1 aromatic carbocycles. The SMILES string of the molecule is O=C(NN=Cc1ccccc1[N+](=O)[O-])c1cc2c(s1)CCCC2. The Morgan fingerprint density at radius 1 is 1.30 bits per heavy atom. The first-order chi connectivity index (χ1) is 11.1. The third-order valence-electron chi connectivity index (χ3n) is 3.72. The summed E-state index contributed by atoms with van der Waals surface area (Å²) in [5.41, 5.74) is 4.01. The normalized spacial score (nSPS) is 13.7. The summed E-state index contributed by atoms with van der Waals surface area (Å²) in [5.74, 6) is -0.278. The molecular formula is C16H15N3O3S. The van der Waals surface area contributed by atoms with Crippen LogP contribution in [0.1, 0.15) is 38.5 Å². The molecule has 2 aromatic rings. The van der Waals surface area contributed by atoms with Crippen LogP contribution in [0.5, 0.6) is 0 Å². The third kappa shape index (κ3) is 3.45. The molecule has 118 valence electrons. The predicted octanol–water partition coefficient (Wildman–Crippen LogP) is 3.30. The molecule has 0 aliphatic heterocycles. The number of nitrogens with one attached hydrogen (secondary N) is 1. The van der Waals surface area contributed by atoms with Gasteiger partial charge in [0.25, 0.3) is 11.6 Å². The minimum atomic E-state index is -0.476. The quantitative estimate of drug-likeness (QED) is 0.530. The number of fused-ring (bicyclic) bond motifs is 1. The number of nitro benzene ring substituents is 1. The van der Waals surface area contributed by atoms with Crippen LogP contribution in [-0.2, 0) is 12.8 Å². The molecule has 0 saturated heterocycles. The maximum absolute atomic E-state index is 12.1. The topological polar surface area (TPSA) is 84.6 Å². The number of hydrogen-bond acceptors (Lipinski definition) is 5. The van der Waals surface area contributed by atoms with Crippen molar-refractivity contribution in [3.05, 3.63) is 61.3 Å². The van der Waals surface area contributed by atoms with E-state index in [0.717, 1.165) is 12.8 Å². The van der Waals surface area contributed by atoms with Crippen molar-refractivity contribution in [2.45, 2.75) is 25.7 Å². The number of nitrogens with zero attached hydrogens (tertiary/aromatic N) is 2. The summed E-state index contributed by atoms with van der Waals surface area (Å²) >= 11 is 1.50. The molecule has 0 radical (unpaired) electrons. The fraction of sp³-hybridized carbons (Fsp3) is 0.250. The van der Waals surface area contributed by atoms with Gasteiger partial charge in [-0.2, -0.15) is 5.10 Å². The van der Waals surface area contributed by atoms with Crippen LogP contribution in [0.25, 0.3) is 0 Å². The van der Waals surface area contributed by atoms with Crippen molar-refractivity contribution >= 4 is 29.1 Å². The summed E-state index contributed by atoms with van der Waals surface area (Å²) in [6, 6.07) is 8.18. The second kappa shape index (κ2) is 6.70. The Labute approximate surface area is 137 Å². The summed E-state index contributed by atoms with van der Waals surface area (Å²) < 4.78 is 0. The summed E-state index contributed by atoms with van der Waals surface area (Å²) in [7, 11) is 0. The molecule has 7 heteroatoms. The lowest BCUT2D eigenvalue weighted by atomic mass is 9.99. The van der Waals surface area contributed by atoms with Gasteiger partial charge in [-0.3, -0.25) is 14.9 Å². The number of thiophene rings is 1. The zero-order valence-corrected chi connectivity index (χ0v) is 13.1. The molecule has 1 N–H and O–H groups in total. The average molecular weight is 329 g/mol. The zero-order valence-electron chi connectivity index (χ0n) is 12.3. The Morgan fingerprint density at radius 2 is 2.09 bits per heavy atom. The maximum atomic E-state index is 12.1. The van der Waals surface area contributed by atoms with E-state index in [2.05, 4.69) is 10.5 Å². The van der Waals surface area contributed by atoms with Crippen molar-refractivity contribution in [2.24, 2.45) is 5.10 Å². The first kappa shape index (κ1) is 15.4. The minimum Gasteiger partial charge on any atom is -0.266 e.